The van der Waals surface area contributed by atoms with E-state index >= 15 is 0 Å². The number of aromatic nitrogens is 5. The lowest BCUT2D eigenvalue weighted by atomic mass is 10.1. The van der Waals surface area contributed by atoms with Gasteiger partial charge in [-0.05, 0) is 37.1 Å². The van der Waals surface area contributed by atoms with Crippen molar-refractivity contribution in [3.05, 3.63) is 58.0 Å². The van der Waals surface area contributed by atoms with Crippen molar-refractivity contribution in [1.29, 1.82) is 0 Å². The minimum Gasteiger partial charge on any atom is -0.358 e. The Bertz CT molecular complexity index is 1120. The number of rotatable bonds is 3. The summed E-state index contributed by atoms with van der Waals surface area (Å²) in [6.45, 7) is 4.02. The van der Waals surface area contributed by atoms with Crippen LogP contribution in [0.3, 0.4) is 0 Å². The lowest BCUT2D eigenvalue weighted by Gasteiger charge is -2.07. The van der Waals surface area contributed by atoms with Crippen LogP contribution in [-0.2, 0) is 5.75 Å². The third-order valence-corrected chi connectivity index (χ3v) is 5.11. The van der Waals surface area contributed by atoms with E-state index in [4.69, 9.17) is 0 Å². The van der Waals surface area contributed by atoms with Crippen molar-refractivity contribution < 1.29 is 0 Å². The van der Waals surface area contributed by atoms with Crippen molar-refractivity contribution in [1.82, 2.24) is 24.9 Å². The van der Waals surface area contributed by atoms with Gasteiger partial charge in [0.15, 0.2) is 0 Å². The van der Waals surface area contributed by atoms with Gasteiger partial charge in [0.25, 0.3) is 5.56 Å². The molecule has 0 saturated carbocycles. The highest BCUT2D eigenvalue weighted by atomic mass is 32.2. The summed E-state index contributed by atoms with van der Waals surface area (Å²) in [6.07, 6.45) is 3.38. The van der Waals surface area contributed by atoms with Gasteiger partial charge >= 0.3 is 0 Å². The average molecular weight is 337 g/mol. The van der Waals surface area contributed by atoms with E-state index in [1.165, 1.54) is 11.8 Å². The third kappa shape index (κ3) is 2.46. The lowest BCUT2D eigenvalue weighted by molar-refractivity contribution is 1.03. The molecule has 0 radical (unpaired) electrons. The minimum atomic E-state index is -0.105. The Morgan fingerprint density at radius 1 is 1.17 bits per heavy atom. The Balaban J connectivity index is 1.71. The Morgan fingerprint density at radius 2 is 2.04 bits per heavy atom. The van der Waals surface area contributed by atoms with Crippen LogP contribution >= 0.6 is 11.8 Å². The maximum Gasteiger partial charge on any atom is 0.258 e. The van der Waals surface area contributed by atoms with E-state index in [2.05, 4.69) is 24.9 Å². The second kappa shape index (κ2) is 5.76. The van der Waals surface area contributed by atoms with Gasteiger partial charge in [0.1, 0.15) is 17.2 Å². The van der Waals surface area contributed by atoms with E-state index in [0.717, 1.165) is 32.7 Å². The van der Waals surface area contributed by atoms with E-state index in [1.54, 1.807) is 6.33 Å². The number of fused-ring (bicyclic) bond motifs is 2. The van der Waals surface area contributed by atoms with Crippen LogP contribution in [0.15, 0.2) is 40.5 Å². The molecular formula is C17H15N5OS. The van der Waals surface area contributed by atoms with Gasteiger partial charge < -0.3 is 9.97 Å². The summed E-state index contributed by atoms with van der Waals surface area (Å²) in [5, 5.41) is 1.47. The van der Waals surface area contributed by atoms with Crippen LogP contribution in [0, 0.1) is 13.8 Å². The molecule has 24 heavy (non-hydrogen) atoms. The second-order valence-electron chi connectivity index (χ2n) is 5.62. The number of hydrogen-bond acceptors (Lipinski definition) is 5. The van der Waals surface area contributed by atoms with Gasteiger partial charge in [-0.25, -0.2) is 15.0 Å². The number of nitrogens with one attached hydrogen (secondary N) is 2. The van der Waals surface area contributed by atoms with Gasteiger partial charge in [-0.1, -0.05) is 17.8 Å². The first kappa shape index (κ1) is 14.9. The molecule has 1 aromatic carbocycles. The number of hydrogen-bond donors (Lipinski definition) is 2. The molecule has 0 bridgehead atoms. The Hall–Kier alpha value is -2.67. The van der Waals surface area contributed by atoms with Crippen molar-refractivity contribution in [3.63, 3.8) is 0 Å². The summed E-state index contributed by atoms with van der Waals surface area (Å²) in [4.78, 5) is 31.5. The third-order valence-electron chi connectivity index (χ3n) is 4.11. The first-order valence-electron chi connectivity index (χ1n) is 7.53. The van der Waals surface area contributed by atoms with Gasteiger partial charge in [-0.2, -0.15) is 0 Å². The van der Waals surface area contributed by atoms with E-state index in [-0.39, 0.29) is 5.56 Å². The Morgan fingerprint density at radius 3 is 2.92 bits per heavy atom. The molecule has 4 aromatic rings. The molecule has 2 N–H and O–H groups in total. The molecule has 4 rings (SSSR count). The number of aryl methyl sites for hydroxylation is 2. The van der Waals surface area contributed by atoms with Crippen LogP contribution in [0.5, 0.6) is 0 Å². The zero-order valence-corrected chi connectivity index (χ0v) is 14.1. The lowest BCUT2D eigenvalue weighted by Crippen LogP contribution is -2.12. The molecule has 3 heterocycles. The molecule has 7 heteroatoms. The van der Waals surface area contributed by atoms with Crippen LogP contribution in [0.25, 0.3) is 21.9 Å². The van der Waals surface area contributed by atoms with E-state index in [0.29, 0.717) is 17.0 Å². The topological polar surface area (TPSA) is 87.3 Å². The molecular weight excluding hydrogens is 322 g/mol. The maximum atomic E-state index is 12.3. The van der Waals surface area contributed by atoms with Crippen molar-refractivity contribution in [2.75, 3.05) is 0 Å². The van der Waals surface area contributed by atoms with Crippen molar-refractivity contribution in [3.8, 4) is 0 Å². The quantitative estimate of drug-likeness (QED) is 0.443. The Kier molecular flexibility index (Phi) is 3.57. The molecule has 120 valence electrons. The summed E-state index contributed by atoms with van der Waals surface area (Å²) in [7, 11) is 0. The zero-order chi connectivity index (χ0) is 16.7. The first-order chi connectivity index (χ1) is 11.6. The van der Waals surface area contributed by atoms with Crippen molar-refractivity contribution >= 4 is 33.7 Å². The highest BCUT2D eigenvalue weighted by Crippen LogP contribution is 2.25. The highest BCUT2D eigenvalue weighted by Gasteiger charge is 2.10. The normalized spacial score (nSPS) is 11.4. The van der Waals surface area contributed by atoms with Crippen LogP contribution in [-0.4, -0.2) is 24.9 Å². The number of aromatic amines is 2. The van der Waals surface area contributed by atoms with Gasteiger partial charge in [0, 0.05) is 6.20 Å². The average Bonchev–Trinajstić information content (AvgIpc) is 3.06. The molecule has 0 saturated heterocycles. The SMILES string of the molecule is Cc1ccc2c(=O)[nH]c(CSc3ncnc4cc[nH]c34)nc2c1C. The smallest absolute Gasteiger partial charge is 0.258 e. The predicted molar refractivity (Wildman–Crippen MR) is 95.3 cm³/mol. The summed E-state index contributed by atoms with van der Waals surface area (Å²) in [5.41, 5.74) is 4.60. The zero-order valence-electron chi connectivity index (χ0n) is 13.3. The highest BCUT2D eigenvalue weighted by molar-refractivity contribution is 7.98. The second-order valence-corrected chi connectivity index (χ2v) is 6.59. The minimum absolute atomic E-state index is 0.105. The van der Waals surface area contributed by atoms with Crippen molar-refractivity contribution in [2.24, 2.45) is 0 Å². The first-order valence-corrected chi connectivity index (χ1v) is 8.52. The fourth-order valence-corrected chi connectivity index (χ4v) is 3.49. The summed E-state index contributed by atoms with van der Waals surface area (Å²) in [5.74, 6) is 1.17. The maximum absolute atomic E-state index is 12.3. The molecule has 0 atom stereocenters. The molecule has 6 nitrogen and oxygen atoms in total. The van der Waals surface area contributed by atoms with Crippen LogP contribution < -0.4 is 5.56 Å². The molecule has 0 spiro atoms. The molecule has 0 unspecified atom stereocenters. The van der Waals surface area contributed by atoms with Crippen LogP contribution in [0.4, 0.5) is 0 Å². The standard InChI is InChI=1S/C17H15N5OS/c1-9-3-4-11-14(10(9)2)21-13(22-16(11)23)7-24-17-15-12(5-6-18-15)19-8-20-17/h3-6,8,18H,7H2,1-2H3,(H,21,22,23). The molecule has 3 aromatic heterocycles. The molecule has 0 fully saturated rings. The summed E-state index contributed by atoms with van der Waals surface area (Å²) in [6, 6.07) is 5.68. The fraction of sp³-hybridized carbons (Fsp3) is 0.176. The number of benzene rings is 1. The van der Waals surface area contributed by atoms with E-state index in [9.17, 15) is 4.79 Å². The monoisotopic (exact) mass is 337 g/mol. The summed E-state index contributed by atoms with van der Waals surface area (Å²) >= 11 is 1.52. The number of H-pyrrole nitrogens is 2. The fourth-order valence-electron chi connectivity index (χ4n) is 2.65. The van der Waals surface area contributed by atoms with Gasteiger partial charge in [-0.3, -0.25) is 4.79 Å². The largest absolute Gasteiger partial charge is 0.358 e. The van der Waals surface area contributed by atoms with E-state index < -0.39 is 0 Å². The molecule has 0 amide bonds. The van der Waals surface area contributed by atoms with Gasteiger partial charge in [-0.15, -0.1) is 0 Å². The molecule has 0 aliphatic heterocycles. The number of nitrogens with zero attached hydrogens (tertiary/aromatic N) is 3. The molecule has 0 aliphatic rings. The van der Waals surface area contributed by atoms with Gasteiger partial charge in [0.05, 0.1) is 27.7 Å². The van der Waals surface area contributed by atoms with Gasteiger partial charge in [0.2, 0.25) is 0 Å². The molecule has 0 aliphatic carbocycles. The van der Waals surface area contributed by atoms with Crippen LogP contribution in [0.2, 0.25) is 0 Å². The number of thioether (sulfide) groups is 1. The van der Waals surface area contributed by atoms with E-state index in [1.807, 2.05) is 38.2 Å². The summed E-state index contributed by atoms with van der Waals surface area (Å²) < 4.78 is 0. The van der Waals surface area contributed by atoms with Crippen LogP contribution in [0.1, 0.15) is 17.0 Å². The Labute approximate surface area is 141 Å². The predicted octanol–water partition coefficient (Wildman–Crippen LogP) is 3.10. The van der Waals surface area contributed by atoms with Crippen molar-refractivity contribution in [2.45, 2.75) is 24.6 Å².